The monoisotopic (exact) mass is 352 g/mol. The number of cyclic esters (lactones) is 1. The Kier molecular flexibility index (Phi) is 5.27. The van der Waals surface area contributed by atoms with Crippen molar-refractivity contribution in [2.45, 2.75) is 6.92 Å². The molecule has 1 aliphatic heterocycles. The third kappa shape index (κ3) is 3.57. The van der Waals surface area contributed by atoms with Gasteiger partial charge in [-0.3, -0.25) is 0 Å². The van der Waals surface area contributed by atoms with Crippen molar-refractivity contribution in [2.75, 3.05) is 20.8 Å². The molecule has 0 atom stereocenters. The van der Waals surface area contributed by atoms with Crippen LogP contribution < -0.4 is 14.2 Å². The summed E-state index contributed by atoms with van der Waals surface area (Å²) in [6.07, 6.45) is 3.45. The van der Waals surface area contributed by atoms with Gasteiger partial charge < -0.3 is 18.9 Å². The number of ether oxygens (including phenoxy) is 4. The van der Waals surface area contributed by atoms with Crippen molar-refractivity contribution in [1.82, 2.24) is 0 Å². The number of carbonyl (C=O) groups is 1. The number of hydrogen-bond donors (Lipinski definition) is 0. The lowest BCUT2D eigenvalue weighted by Crippen LogP contribution is -1.98. The van der Waals surface area contributed by atoms with Crippen LogP contribution in [0.2, 0.25) is 0 Å². The Labute approximate surface area is 152 Å². The van der Waals surface area contributed by atoms with E-state index in [1.807, 2.05) is 43.3 Å². The Bertz CT molecular complexity index is 862. The van der Waals surface area contributed by atoms with Gasteiger partial charge in [0.25, 0.3) is 0 Å². The Morgan fingerprint density at radius 1 is 1.04 bits per heavy atom. The molecule has 0 unspecified atom stereocenters. The molecule has 0 aromatic heterocycles. The number of hydrogen-bond acceptors (Lipinski definition) is 5. The normalized spacial score (nSPS) is 14.8. The summed E-state index contributed by atoms with van der Waals surface area (Å²) < 4.78 is 21.5. The molecule has 0 bridgehead atoms. The average molecular weight is 352 g/mol. The van der Waals surface area contributed by atoms with Crippen molar-refractivity contribution in [3.05, 3.63) is 65.2 Å². The molecule has 5 heteroatoms. The molecular formula is C21H20O5. The highest BCUT2D eigenvalue weighted by Crippen LogP contribution is 2.34. The van der Waals surface area contributed by atoms with Gasteiger partial charge in [-0.2, -0.15) is 0 Å². The van der Waals surface area contributed by atoms with Crippen LogP contribution >= 0.6 is 0 Å². The first-order valence-corrected chi connectivity index (χ1v) is 8.26. The van der Waals surface area contributed by atoms with E-state index in [1.165, 1.54) is 0 Å². The molecule has 0 saturated heterocycles. The molecule has 1 aliphatic rings. The maximum absolute atomic E-state index is 12.2. The summed E-state index contributed by atoms with van der Waals surface area (Å²) in [6.45, 7) is 2.53. The summed E-state index contributed by atoms with van der Waals surface area (Å²) in [5.74, 6) is 2.05. The lowest BCUT2D eigenvalue weighted by Gasteiger charge is -2.10. The Balaban J connectivity index is 1.92. The lowest BCUT2D eigenvalue weighted by atomic mass is 10.1. The minimum absolute atomic E-state index is 0.404. The SMILES string of the molecule is CCOc1ccc(C2=CC(=Cc3cccc(OC)c3OC)C(=O)O2)cc1. The van der Waals surface area contributed by atoms with Gasteiger partial charge in [0, 0.05) is 11.1 Å². The number of methoxy groups -OCH3 is 2. The zero-order valence-electron chi connectivity index (χ0n) is 14.9. The zero-order valence-corrected chi connectivity index (χ0v) is 14.9. The molecule has 134 valence electrons. The highest BCUT2D eigenvalue weighted by atomic mass is 16.5. The number of benzene rings is 2. The van der Waals surface area contributed by atoms with Crippen LogP contribution in [-0.4, -0.2) is 26.8 Å². The molecule has 0 radical (unpaired) electrons. The summed E-state index contributed by atoms with van der Waals surface area (Å²) >= 11 is 0. The molecule has 5 nitrogen and oxygen atoms in total. The van der Waals surface area contributed by atoms with Crippen molar-refractivity contribution >= 4 is 17.8 Å². The summed E-state index contributed by atoms with van der Waals surface area (Å²) in [7, 11) is 3.14. The van der Waals surface area contributed by atoms with Gasteiger partial charge in [-0.05, 0) is 49.4 Å². The van der Waals surface area contributed by atoms with Crippen LogP contribution in [0.3, 0.4) is 0 Å². The molecule has 0 aliphatic carbocycles. The maximum atomic E-state index is 12.2. The van der Waals surface area contributed by atoms with E-state index >= 15 is 0 Å². The van der Waals surface area contributed by atoms with Crippen molar-refractivity contribution in [3.63, 3.8) is 0 Å². The predicted molar refractivity (Wildman–Crippen MR) is 99.2 cm³/mol. The van der Waals surface area contributed by atoms with Crippen LogP contribution in [0.1, 0.15) is 18.1 Å². The zero-order chi connectivity index (χ0) is 18.5. The van der Waals surface area contributed by atoms with Crippen molar-refractivity contribution in [2.24, 2.45) is 0 Å². The standard InChI is InChI=1S/C21H20O5/c1-4-25-17-10-8-14(9-11-17)19-13-16(21(22)26-19)12-15-6-5-7-18(23-2)20(15)24-3/h5-13H,4H2,1-3H3. The van der Waals surface area contributed by atoms with Crippen molar-refractivity contribution in [1.29, 1.82) is 0 Å². The molecule has 0 amide bonds. The van der Waals surface area contributed by atoms with Crippen LogP contribution in [0, 0.1) is 0 Å². The molecule has 2 aromatic rings. The minimum atomic E-state index is -0.404. The third-order valence-corrected chi connectivity index (χ3v) is 3.92. The van der Waals surface area contributed by atoms with Crippen molar-refractivity contribution < 1.29 is 23.7 Å². The van der Waals surface area contributed by atoms with E-state index in [-0.39, 0.29) is 0 Å². The average Bonchev–Trinajstić information content (AvgIpc) is 3.03. The van der Waals surface area contributed by atoms with Crippen LogP contribution in [-0.2, 0) is 9.53 Å². The van der Waals surface area contributed by atoms with Gasteiger partial charge in [-0.15, -0.1) is 0 Å². The van der Waals surface area contributed by atoms with Gasteiger partial charge in [-0.1, -0.05) is 12.1 Å². The topological polar surface area (TPSA) is 54.0 Å². The van der Waals surface area contributed by atoms with Gasteiger partial charge >= 0.3 is 5.97 Å². The lowest BCUT2D eigenvalue weighted by molar-refractivity contribution is -0.130. The second-order valence-electron chi connectivity index (χ2n) is 5.54. The van der Waals surface area contributed by atoms with E-state index in [4.69, 9.17) is 18.9 Å². The van der Waals surface area contributed by atoms with E-state index in [2.05, 4.69) is 0 Å². The van der Waals surface area contributed by atoms with Gasteiger partial charge in [0.05, 0.1) is 26.4 Å². The predicted octanol–water partition coefficient (Wildman–Crippen LogP) is 4.08. The summed E-state index contributed by atoms with van der Waals surface area (Å²) in [5.41, 5.74) is 1.99. The molecule has 0 N–H and O–H groups in total. The van der Waals surface area contributed by atoms with E-state index in [1.54, 1.807) is 32.4 Å². The highest BCUT2D eigenvalue weighted by Gasteiger charge is 2.23. The molecule has 0 fully saturated rings. The third-order valence-electron chi connectivity index (χ3n) is 3.92. The summed E-state index contributed by atoms with van der Waals surface area (Å²) in [4.78, 5) is 12.2. The van der Waals surface area contributed by atoms with Crippen molar-refractivity contribution in [3.8, 4) is 17.2 Å². The Hall–Kier alpha value is -3.21. The molecule has 3 rings (SSSR count). The number of carbonyl (C=O) groups excluding carboxylic acids is 1. The van der Waals surface area contributed by atoms with Crippen LogP contribution in [0.4, 0.5) is 0 Å². The van der Waals surface area contributed by atoms with E-state index in [0.717, 1.165) is 16.9 Å². The Morgan fingerprint density at radius 3 is 2.46 bits per heavy atom. The van der Waals surface area contributed by atoms with Gasteiger partial charge in [0.15, 0.2) is 11.5 Å². The fourth-order valence-electron chi connectivity index (χ4n) is 2.71. The van der Waals surface area contributed by atoms with Crippen LogP contribution in [0.5, 0.6) is 17.2 Å². The first-order chi connectivity index (χ1) is 12.7. The molecule has 2 aromatic carbocycles. The minimum Gasteiger partial charge on any atom is -0.494 e. The maximum Gasteiger partial charge on any atom is 0.343 e. The molecular weight excluding hydrogens is 332 g/mol. The fraction of sp³-hybridized carbons (Fsp3) is 0.190. The quantitative estimate of drug-likeness (QED) is 0.579. The molecule has 26 heavy (non-hydrogen) atoms. The number of rotatable bonds is 6. The fourth-order valence-corrected chi connectivity index (χ4v) is 2.71. The van der Waals surface area contributed by atoms with Gasteiger partial charge in [0.1, 0.15) is 11.5 Å². The second-order valence-corrected chi connectivity index (χ2v) is 5.54. The smallest absolute Gasteiger partial charge is 0.343 e. The molecule has 0 spiro atoms. The van der Waals surface area contributed by atoms with Crippen LogP contribution in [0.15, 0.2) is 54.1 Å². The number of para-hydroxylation sites is 1. The first kappa shape index (κ1) is 17.6. The van der Waals surface area contributed by atoms with E-state index in [9.17, 15) is 4.79 Å². The molecule has 0 saturated carbocycles. The van der Waals surface area contributed by atoms with Gasteiger partial charge in [-0.25, -0.2) is 4.79 Å². The van der Waals surface area contributed by atoms with Gasteiger partial charge in [0.2, 0.25) is 0 Å². The molecule has 1 heterocycles. The van der Waals surface area contributed by atoms with Crippen LogP contribution in [0.25, 0.3) is 11.8 Å². The first-order valence-electron chi connectivity index (χ1n) is 8.26. The Morgan fingerprint density at radius 2 is 1.81 bits per heavy atom. The largest absolute Gasteiger partial charge is 0.494 e. The number of esters is 1. The summed E-state index contributed by atoms with van der Waals surface area (Å²) in [6, 6.07) is 12.9. The van der Waals surface area contributed by atoms with E-state index < -0.39 is 5.97 Å². The second kappa shape index (κ2) is 7.78. The highest BCUT2D eigenvalue weighted by molar-refractivity contribution is 6.05. The van der Waals surface area contributed by atoms with E-state index in [0.29, 0.717) is 29.4 Å². The summed E-state index contributed by atoms with van der Waals surface area (Å²) in [5, 5.41) is 0.